The van der Waals surface area contributed by atoms with Crippen LogP contribution in [0.15, 0.2) is 30.5 Å². The summed E-state index contributed by atoms with van der Waals surface area (Å²) in [6.45, 7) is 0.439. The summed E-state index contributed by atoms with van der Waals surface area (Å²) in [5.74, 6) is 0.461. The molecule has 2 fully saturated rings. The predicted octanol–water partition coefficient (Wildman–Crippen LogP) is 1.99. The van der Waals surface area contributed by atoms with Crippen molar-refractivity contribution in [2.45, 2.75) is 37.8 Å². The van der Waals surface area contributed by atoms with Crippen molar-refractivity contribution in [3.05, 3.63) is 30.5 Å². The Kier molecular flexibility index (Phi) is 3.86. The molecule has 5 rings (SSSR count). The van der Waals surface area contributed by atoms with E-state index in [0.717, 1.165) is 22.2 Å². The number of fused-ring (bicyclic) bond motifs is 3. The summed E-state index contributed by atoms with van der Waals surface area (Å²) in [5, 5.41) is 20.3. The third kappa shape index (κ3) is 3.06. The van der Waals surface area contributed by atoms with E-state index in [4.69, 9.17) is 0 Å². The van der Waals surface area contributed by atoms with Gasteiger partial charge in [-0.3, -0.25) is 14.4 Å². The number of nitrogens with one attached hydrogen (secondary N) is 1. The lowest BCUT2D eigenvalue weighted by atomic mass is 10.0. The second-order valence-corrected chi connectivity index (χ2v) is 7.46. The van der Waals surface area contributed by atoms with E-state index in [1.165, 1.54) is 25.7 Å². The molecular formula is C19H21N7O. The summed E-state index contributed by atoms with van der Waals surface area (Å²) in [5.41, 5.74) is 2.53. The lowest BCUT2D eigenvalue weighted by Gasteiger charge is -2.20. The van der Waals surface area contributed by atoms with Crippen molar-refractivity contribution in [2.24, 2.45) is 7.05 Å². The maximum atomic E-state index is 12.5. The molecule has 2 aliphatic heterocycles. The molecule has 4 heterocycles. The topological polar surface area (TPSA) is 88.8 Å². The summed E-state index contributed by atoms with van der Waals surface area (Å²) in [4.78, 5) is 14.8. The summed E-state index contributed by atoms with van der Waals surface area (Å²) in [6, 6.07) is 8.86. The van der Waals surface area contributed by atoms with Crippen LogP contribution >= 0.6 is 0 Å². The van der Waals surface area contributed by atoms with Crippen LogP contribution in [0.2, 0.25) is 0 Å². The van der Waals surface area contributed by atoms with Gasteiger partial charge in [-0.25, -0.2) is 0 Å². The van der Waals surface area contributed by atoms with Gasteiger partial charge in [0.2, 0.25) is 5.91 Å². The Bertz CT molecular complexity index is 994. The first-order chi connectivity index (χ1) is 13.2. The van der Waals surface area contributed by atoms with E-state index in [2.05, 4.69) is 30.7 Å². The number of nitrogens with zero attached hydrogens (tertiary/aromatic N) is 6. The Hall–Kier alpha value is -2.87. The first kappa shape index (κ1) is 16.3. The highest BCUT2D eigenvalue weighted by Gasteiger charge is 2.39. The minimum Gasteiger partial charge on any atom is -0.308 e. The van der Waals surface area contributed by atoms with Crippen molar-refractivity contribution < 1.29 is 4.79 Å². The smallest absolute Gasteiger partial charge is 0.239 e. The molecule has 2 aromatic heterocycles. The lowest BCUT2D eigenvalue weighted by Crippen LogP contribution is -2.36. The van der Waals surface area contributed by atoms with Crippen molar-refractivity contribution in [1.82, 2.24) is 30.1 Å². The van der Waals surface area contributed by atoms with Gasteiger partial charge in [-0.05, 0) is 43.9 Å². The van der Waals surface area contributed by atoms with Gasteiger partial charge in [-0.15, -0.1) is 15.3 Å². The monoisotopic (exact) mass is 363 g/mol. The standard InChI is InChI=1S/C19H21N7O/c1-25-10-17(22-24-25)12-2-7-16-13(8-12)9-18(23-21-16)20-19(27)11-26-14-3-4-15(26)6-5-14/h2,7-10,14-15H,3-6,11H2,1H3,(H,20,23,27). The highest BCUT2D eigenvalue weighted by atomic mass is 16.2. The normalized spacial score (nSPS) is 21.8. The van der Waals surface area contributed by atoms with E-state index in [0.29, 0.717) is 24.4 Å². The Morgan fingerprint density at radius 1 is 1.11 bits per heavy atom. The molecule has 0 radical (unpaired) electrons. The van der Waals surface area contributed by atoms with Gasteiger partial charge in [-0.1, -0.05) is 11.3 Å². The Morgan fingerprint density at radius 3 is 2.59 bits per heavy atom. The van der Waals surface area contributed by atoms with Gasteiger partial charge >= 0.3 is 0 Å². The van der Waals surface area contributed by atoms with E-state index in [-0.39, 0.29) is 5.91 Å². The molecule has 0 aliphatic carbocycles. The quantitative estimate of drug-likeness (QED) is 0.763. The molecule has 27 heavy (non-hydrogen) atoms. The van der Waals surface area contributed by atoms with Crippen molar-refractivity contribution in [3.63, 3.8) is 0 Å². The van der Waals surface area contributed by atoms with Crippen LogP contribution in [0.5, 0.6) is 0 Å². The Morgan fingerprint density at radius 2 is 1.89 bits per heavy atom. The fourth-order valence-electron chi connectivity index (χ4n) is 4.37. The van der Waals surface area contributed by atoms with Gasteiger partial charge in [-0.2, -0.15) is 0 Å². The number of hydrogen-bond donors (Lipinski definition) is 1. The number of benzene rings is 1. The highest BCUT2D eigenvalue weighted by Crippen LogP contribution is 2.36. The molecular weight excluding hydrogens is 342 g/mol. The molecule has 2 bridgehead atoms. The van der Waals surface area contributed by atoms with E-state index in [9.17, 15) is 4.79 Å². The number of carbonyl (C=O) groups is 1. The molecule has 3 aromatic rings. The number of carbonyl (C=O) groups excluding carboxylic acids is 1. The zero-order chi connectivity index (χ0) is 18.4. The van der Waals surface area contributed by atoms with Crippen LogP contribution in [0, 0.1) is 0 Å². The number of rotatable bonds is 4. The largest absolute Gasteiger partial charge is 0.308 e. The summed E-state index contributed by atoms with van der Waals surface area (Å²) in [6.07, 6.45) is 6.75. The Balaban J connectivity index is 1.35. The van der Waals surface area contributed by atoms with Crippen LogP contribution in [0.3, 0.4) is 0 Å². The average Bonchev–Trinajstić information content (AvgIpc) is 3.37. The van der Waals surface area contributed by atoms with E-state index in [1.807, 2.05) is 37.5 Å². The molecule has 0 spiro atoms. The first-order valence-electron chi connectivity index (χ1n) is 9.35. The Labute approximate surface area is 156 Å². The minimum absolute atomic E-state index is 0.0208. The maximum Gasteiger partial charge on any atom is 0.239 e. The van der Waals surface area contributed by atoms with E-state index >= 15 is 0 Å². The molecule has 1 aromatic carbocycles. The summed E-state index contributed by atoms with van der Waals surface area (Å²) in [7, 11) is 1.84. The van der Waals surface area contributed by atoms with Gasteiger partial charge < -0.3 is 5.32 Å². The fraction of sp³-hybridized carbons (Fsp3) is 0.421. The van der Waals surface area contributed by atoms with Crippen LogP contribution in [0.25, 0.3) is 22.2 Å². The van der Waals surface area contributed by atoms with Gasteiger partial charge in [0.15, 0.2) is 5.82 Å². The van der Waals surface area contributed by atoms with Gasteiger partial charge in [0, 0.05) is 30.1 Å². The molecule has 0 atom stereocenters. The third-order valence-electron chi connectivity index (χ3n) is 5.68. The summed E-state index contributed by atoms with van der Waals surface area (Å²) < 4.78 is 1.67. The van der Waals surface area contributed by atoms with Crippen LogP contribution < -0.4 is 5.32 Å². The second kappa shape index (κ2) is 6.38. The molecule has 1 N–H and O–H groups in total. The van der Waals surface area contributed by atoms with Gasteiger partial charge in [0.05, 0.1) is 18.3 Å². The van der Waals surface area contributed by atoms with Crippen LogP contribution in [-0.4, -0.2) is 54.6 Å². The van der Waals surface area contributed by atoms with Crippen LogP contribution in [-0.2, 0) is 11.8 Å². The molecule has 1 amide bonds. The van der Waals surface area contributed by atoms with Crippen molar-refractivity contribution >= 4 is 22.6 Å². The molecule has 8 heteroatoms. The second-order valence-electron chi connectivity index (χ2n) is 7.46. The number of amides is 1. The third-order valence-corrected chi connectivity index (χ3v) is 5.68. The van der Waals surface area contributed by atoms with Gasteiger partial charge in [0.1, 0.15) is 5.69 Å². The fourth-order valence-corrected chi connectivity index (χ4v) is 4.37. The van der Waals surface area contributed by atoms with E-state index < -0.39 is 0 Å². The van der Waals surface area contributed by atoms with Crippen molar-refractivity contribution in [1.29, 1.82) is 0 Å². The molecule has 0 unspecified atom stereocenters. The van der Waals surface area contributed by atoms with Crippen LogP contribution in [0.1, 0.15) is 25.7 Å². The molecule has 2 aliphatic rings. The number of anilines is 1. The molecule has 0 saturated carbocycles. The number of hydrogen-bond acceptors (Lipinski definition) is 6. The average molecular weight is 363 g/mol. The predicted molar refractivity (Wildman–Crippen MR) is 101 cm³/mol. The van der Waals surface area contributed by atoms with Crippen molar-refractivity contribution in [3.8, 4) is 11.3 Å². The van der Waals surface area contributed by atoms with Crippen molar-refractivity contribution in [2.75, 3.05) is 11.9 Å². The highest BCUT2D eigenvalue weighted by molar-refractivity contribution is 5.93. The zero-order valence-corrected chi connectivity index (χ0v) is 15.2. The lowest BCUT2D eigenvalue weighted by molar-refractivity contribution is -0.117. The number of aromatic nitrogens is 5. The molecule has 2 saturated heterocycles. The zero-order valence-electron chi connectivity index (χ0n) is 15.2. The number of aryl methyl sites for hydroxylation is 1. The van der Waals surface area contributed by atoms with Gasteiger partial charge in [0.25, 0.3) is 0 Å². The maximum absolute atomic E-state index is 12.5. The van der Waals surface area contributed by atoms with E-state index in [1.54, 1.807) is 4.68 Å². The first-order valence-corrected chi connectivity index (χ1v) is 9.35. The SMILES string of the molecule is Cn1cc(-c2ccc3nnc(NC(=O)CN4C5CCC4CC5)cc3c2)nn1. The molecule has 138 valence electrons. The minimum atomic E-state index is -0.0208. The molecule has 8 nitrogen and oxygen atoms in total. The van der Waals surface area contributed by atoms with Crippen LogP contribution in [0.4, 0.5) is 5.82 Å². The summed E-state index contributed by atoms with van der Waals surface area (Å²) >= 11 is 0.